The first kappa shape index (κ1) is 24.4. The molecule has 170 valence electrons. The van der Waals surface area contributed by atoms with Crippen LogP contribution >= 0.6 is 0 Å². The van der Waals surface area contributed by atoms with Crippen molar-refractivity contribution in [2.45, 2.75) is 81.1 Å². The van der Waals surface area contributed by atoms with Crippen molar-refractivity contribution < 1.29 is 38.4 Å². The lowest BCUT2D eigenvalue weighted by Crippen LogP contribution is -2.67. The first-order valence-corrected chi connectivity index (χ1v) is 11.9. The monoisotopic (exact) mass is 438 g/mol. The molecule has 0 aromatic heterocycles. The van der Waals surface area contributed by atoms with Gasteiger partial charge in [-0.2, -0.15) is 0 Å². The van der Waals surface area contributed by atoms with Crippen molar-refractivity contribution in [1.29, 1.82) is 0 Å². The van der Waals surface area contributed by atoms with Gasteiger partial charge in [0.1, 0.15) is 24.4 Å². The van der Waals surface area contributed by atoms with Crippen molar-refractivity contribution in [1.82, 2.24) is 10.2 Å². The van der Waals surface area contributed by atoms with Crippen LogP contribution in [0.15, 0.2) is 0 Å². The van der Waals surface area contributed by atoms with Gasteiger partial charge in [-0.15, -0.1) is 0 Å². The average Bonchev–Trinajstić information content (AvgIpc) is 2.97. The minimum absolute atomic E-state index is 0.371. The SMILES string of the molecule is CCC[C@H]1C[C@H](C(=O)NC([C@H]2O[C@H](S(C)(=O)=O)[C@H](O)[C@@H](O)[C@H]2O)[C@@H](C)O)N(C)C1. The number of carbonyl (C=O) groups is 1. The lowest BCUT2D eigenvalue weighted by atomic mass is 9.92. The van der Waals surface area contributed by atoms with Gasteiger partial charge in [-0.3, -0.25) is 9.69 Å². The molecule has 0 spiro atoms. The van der Waals surface area contributed by atoms with E-state index in [4.69, 9.17) is 4.74 Å². The molecular formula is C18H34N2O8S. The number of nitrogens with one attached hydrogen (secondary N) is 1. The minimum Gasteiger partial charge on any atom is -0.391 e. The molecule has 2 heterocycles. The predicted octanol–water partition coefficient (Wildman–Crippen LogP) is -2.18. The van der Waals surface area contributed by atoms with E-state index in [1.165, 1.54) is 6.92 Å². The highest BCUT2D eigenvalue weighted by Crippen LogP contribution is 2.29. The zero-order valence-corrected chi connectivity index (χ0v) is 18.1. The van der Waals surface area contributed by atoms with Gasteiger partial charge in [-0.05, 0) is 32.7 Å². The van der Waals surface area contributed by atoms with Crippen molar-refractivity contribution in [2.75, 3.05) is 19.8 Å². The molecule has 9 atom stereocenters. The Morgan fingerprint density at radius 1 is 1.24 bits per heavy atom. The number of likely N-dealkylation sites (tertiary alicyclic amines) is 1. The zero-order chi connectivity index (χ0) is 22.1. The number of likely N-dealkylation sites (N-methyl/N-ethyl adjacent to an activating group) is 1. The Morgan fingerprint density at radius 3 is 2.38 bits per heavy atom. The summed E-state index contributed by atoms with van der Waals surface area (Å²) in [6.45, 7) is 4.22. The van der Waals surface area contributed by atoms with E-state index >= 15 is 0 Å². The van der Waals surface area contributed by atoms with Gasteiger partial charge in [-0.25, -0.2) is 8.42 Å². The number of nitrogens with zero attached hydrogens (tertiary/aromatic N) is 1. The summed E-state index contributed by atoms with van der Waals surface area (Å²) in [4.78, 5) is 14.8. The van der Waals surface area contributed by atoms with Crippen LogP contribution in [0.25, 0.3) is 0 Å². The highest BCUT2D eigenvalue weighted by Gasteiger charge is 2.51. The van der Waals surface area contributed by atoms with Gasteiger partial charge in [-0.1, -0.05) is 13.3 Å². The maximum atomic E-state index is 12.9. The smallest absolute Gasteiger partial charge is 0.237 e. The zero-order valence-electron chi connectivity index (χ0n) is 17.3. The Bertz CT molecular complexity index is 673. The van der Waals surface area contributed by atoms with E-state index < -0.39 is 57.9 Å². The maximum absolute atomic E-state index is 12.9. The molecule has 1 amide bonds. The van der Waals surface area contributed by atoms with E-state index in [0.29, 0.717) is 12.3 Å². The summed E-state index contributed by atoms with van der Waals surface area (Å²) in [6, 6.07) is -1.60. The molecule has 2 fully saturated rings. The van der Waals surface area contributed by atoms with Crippen molar-refractivity contribution >= 4 is 15.7 Å². The Kier molecular flexibility index (Phi) is 8.05. The molecule has 0 aliphatic carbocycles. The molecule has 5 N–H and O–H groups in total. The van der Waals surface area contributed by atoms with Crippen LogP contribution in [0.2, 0.25) is 0 Å². The van der Waals surface area contributed by atoms with E-state index in [0.717, 1.165) is 25.6 Å². The summed E-state index contributed by atoms with van der Waals surface area (Å²) >= 11 is 0. The molecule has 11 heteroatoms. The minimum atomic E-state index is -3.94. The molecule has 2 aliphatic heterocycles. The summed E-state index contributed by atoms with van der Waals surface area (Å²) in [6.07, 6.45) is -4.49. The van der Waals surface area contributed by atoms with Gasteiger partial charge in [0.25, 0.3) is 0 Å². The Labute approximate surface area is 171 Å². The first-order chi connectivity index (χ1) is 13.4. The molecule has 10 nitrogen and oxygen atoms in total. The molecule has 2 saturated heterocycles. The summed E-state index contributed by atoms with van der Waals surface area (Å²) in [7, 11) is -2.10. The number of carbonyl (C=O) groups excluding carboxylic acids is 1. The van der Waals surface area contributed by atoms with E-state index in [1.807, 2.05) is 11.9 Å². The van der Waals surface area contributed by atoms with Crippen LogP contribution in [0, 0.1) is 5.92 Å². The standard InChI is InChI=1S/C18H34N2O8S/c1-5-6-10-7-11(20(3)8-10)17(25)19-12(9(2)21)16-14(23)13(22)15(24)18(28-16)29(4,26)27/h9-16,18,21-24H,5-8H2,1-4H3,(H,19,25)/t9-,10+,11-,12?,13+,14-,15-,16-,18-/m1/s1. The highest BCUT2D eigenvalue weighted by atomic mass is 32.2. The third kappa shape index (κ3) is 5.46. The van der Waals surface area contributed by atoms with Crippen LogP contribution in [-0.4, -0.2) is 108 Å². The fourth-order valence-electron chi connectivity index (χ4n) is 4.29. The molecular weight excluding hydrogens is 404 g/mol. The summed E-state index contributed by atoms with van der Waals surface area (Å²) < 4.78 is 29.2. The van der Waals surface area contributed by atoms with Gasteiger partial charge < -0.3 is 30.5 Å². The van der Waals surface area contributed by atoms with Crippen LogP contribution in [0.3, 0.4) is 0 Å². The number of aliphatic hydroxyl groups is 4. The molecule has 2 aliphatic rings. The van der Waals surface area contributed by atoms with E-state index in [9.17, 15) is 33.6 Å². The summed E-state index contributed by atoms with van der Waals surface area (Å²) in [5.41, 5.74) is -1.79. The van der Waals surface area contributed by atoms with Crippen LogP contribution < -0.4 is 5.32 Å². The quantitative estimate of drug-likeness (QED) is 0.298. The van der Waals surface area contributed by atoms with Crippen LogP contribution in [0.4, 0.5) is 0 Å². The summed E-state index contributed by atoms with van der Waals surface area (Å²) in [5.74, 6) is 0.0122. The topological polar surface area (TPSA) is 157 Å². The van der Waals surface area contributed by atoms with Crippen LogP contribution in [0.5, 0.6) is 0 Å². The normalized spacial score (nSPS) is 38.6. The number of amides is 1. The van der Waals surface area contributed by atoms with E-state index in [-0.39, 0.29) is 5.91 Å². The first-order valence-electron chi connectivity index (χ1n) is 9.95. The number of sulfone groups is 1. The Balaban J connectivity index is 2.19. The number of rotatable bonds is 7. The summed E-state index contributed by atoms with van der Waals surface area (Å²) in [5, 5.41) is 43.3. The second-order valence-corrected chi connectivity index (χ2v) is 10.5. The number of hydrogen-bond acceptors (Lipinski definition) is 9. The fraction of sp³-hybridized carbons (Fsp3) is 0.944. The molecule has 0 bridgehead atoms. The number of ether oxygens (including phenoxy) is 1. The molecule has 0 radical (unpaired) electrons. The van der Waals surface area contributed by atoms with Crippen LogP contribution in [-0.2, 0) is 19.4 Å². The number of aliphatic hydroxyl groups excluding tert-OH is 4. The highest BCUT2D eigenvalue weighted by molar-refractivity contribution is 7.91. The van der Waals surface area contributed by atoms with Gasteiger partial charge in [0.15, 0.2) is 15.3 Å². The second kappa shape index (κ2) is 9.54. The molecule has 2 rings (SSSR count). The molecule has 0 aromatic rings. The Hall–Kier alpha value is -0.820. The Morgan fingerprint density at radius 2 is 1.86 bits per heavy atom. The fourth-order valence-corrected chi connectivity index (χ4v) is 5.29. The van der Waals surface area contributed by atoms with Crippen molar-refractivity contribution in [3.05, 3.63) is 0 Å². The van der Waals surface area contributed by atoms with Crippen molar-refractivity contribution in [3.63, 3.8) is 0 Å². The molecule has 1 unspecified atom stereocenters. The van der Waals surface area contributed by atoms with Crippen molar-refractivity contribution in [3.8, 4) is 0 Å². The lowest BCUT2D eigenvalue weighted by molar-refractivity contribution is -0.212. The van der Waals surface area contributed by atoms with Gasteiger partial charge in [0.2, 0.25) is 5.91 Å². The van der Waals surface area contributed by atoms with Crippen LogP contribution in [0.1, 0.15) is 33.1 Å². The lowest BCUT2D eigenvalue weighted by Gasteiger charge is -2.43. The second-order valence-electron chi connectivity index (χ2n) is 8.39. The van der Waals surface area contributed by atoms with E-state index in [2.05, 4.69) is 12.2 Å². The number of hydrogen-bond donors (Lipinski definition) is 5. The molecule has 0 saturated carbocycles. The van der Waals surface area contributed by atoms with Gasteiger partial charge in [0.05, 0.1) is 18.2 Å². The third-order valence-corrected chi connectivity index (χ3v) is 7.08. The third-order valence-electron chi connectivity index (χ3n) is 5.85. The van der Waals surface area contributed by atoms with E-state index in [1.54, 1.807) is 0 Å². The largest absolute Gasteiger partial charge is 0.391 e. The average molecular weight is 439 g/mol. The van der Waals surface area contributed by atoms with Crippen molar-refractivity contribution in [2.24, 2.45) is 5.92 Å². The maximum Gasteiger partial charge on any atom is 0.237 e. The van der Waals surface area contributed by atoms with Gasteiger partial charge in [0, 0.05) is 12.8 Å². The molecule has 29 heavy (non-hydrogen) atoms. The molecule has 0 aromatic carbocycles. The van der Waals surface area contributed by atoms with Gasteiger partial charge >= 0.3 is 0 Å². The predicted molar refractivity (Wildman–Crippen MR) is 105 cm³/mol.